The first-order valence-electron chi connectivity index (χ1n) is 12.9. The Kier molecular flexibility index (Phi) is 5.92. The molecule has 6 atom stereocenters. The lowest BCUT2D eigenvalue weighted by Crippen LogP contribution is -2.55. The van der Waals surface area contributed by atoms with E-state index < -0.39 is 0 Å². The zero-order valence-corrected chi connectivity index (χ0v) is 20.9. The summed E-state index contributed by atoms with van der Waals surface area (Å²) in [6.45, 7) is 18.1. The van der Waals surface area contributed by atoms with Gasteiger partial charge in [-0.15, -0.1) is 0 Å². The van der Waals surface area contributed by atoms with Gasteiger partial charge >= 0.3 is 0 Å². The smallest absolute Gasteiger partial charge is 0.0769 e. The number of rotatable bonds is 5. The lowest BCUT2D eigenvalue weighted by Gasteiger charge is -2.60. The molecule has 4 rings (SSSR count). The normalized spacial score (nSPS) is 41.5. The molecule has 1 saturated carbocycles. The number of fused-ring (bicyclic) bond motifs is 4. The number of aliphatic hydroxyl groups is 2. The third-order valence-electron chi connectivity index (χ3n) is 10.4. The first kappa shape index (κ1) is 23.3. The quantitative estimate of drug-likeness (QED) is 0.466. The van der Waals surface area contributed by atoms with Crippen molar-refractivity contribution >= 4 is 0 Å². The molecule has 31 heavy (non-hydrogen) atoms. The molecule has 4 aliphatic carbocycles. The summed E-state index contributed by atoms with van der Waals surface area (Å²) in [5.74, 6) is 1.66. The van der Waals surface area contributed by atoms with Crippen molar-refractivity contribution in [1.82, 2.24) is 0 Å². The summed E-state index contributed by atoms with van der Waals surface area (Å²) in [6, 6.07) is 0. The average Bonchev–Trinajstić information content (AvgIpc) is 3.00. The van der Waals surface area contributed by atoms with Gasteiger partial charge in [-0.05, 0) is 109 Å². The highest BCUT2D eigenvalue weighted by molar-refractivity contribution is 5.51. The van der Waals surface area contributed by atoms with Gasteiger partial charge < -0.3 is 10.2 Å². The van der Waals surface area contributed by atoms with Gasteiger partial charge in [0.2, 0.25) is 0 Å². The van der Waals surface area contributed by atoms with E-state index in [1.54, 1.807) is 5.57 Å². The maximum Gasteiger partial charge on any atom is 0.0769 e. The van der Waals surface area contributed by atoms with Gasteiger partial charge in [0.15, 0.2) is 0 Å². The van der Waals surface area contributed by atoms with E-state index in [1.807, 2.05) is 0 Å². The predicted octanol–water partition coefficient (Wildman–Crippen LogP) is 6.98. The van der Waals surface area contributed by atoms with E-state index in [-0.39, 0.29) is 28.5 Å². The molecule has 0 amide bonds. The van der Waals surface area contributed by atoms with Crippen LogP contribution < -0.4 is 0 Å². The van der Waals surface area contributed by atoms with Crippen LogP contribution in [0.2, 0.25) is 0 Å². The minimum atomic E-state index is -0.331. The highest BCUT2D eigenvalue weighted by Gasteiger charge is 2.59. The molecule has 2 nitrogen and oxygen atoms in total. The van der Waals surface area contributed by atoms with Gasteiger partial charge in [0.05, 0.1) is 12.2 Å². The standard InChI is InChI=1S/C29H46O2/c1-18(2)19(3)9-8-10-20-11-13-22-21-12-14-24-27(4,5)25(31)15-16-28(24,6)26(21)23(30)17-29(20,22)7/h13,18,20,23-25,30-31H,3,8-12,14-17H2,1-2,4-7H3/t20-,23-,24?,25?,28?,29?/m0/s1. The van der Waals surface area contributed by atoms with Gasteiger partial charge in [0.25, 0.3) is 0 Å². The van der Waals surface area contributed by atoms with Crippen molar-refractivity contribution < 1.29 is 10.2 Å². The predicted molar refractivity (Wildman–Crippen MR) is 130 cm³/mol. The monoisotopic (exact) mass is 426 g/mol. The fraction of sp³-hybridized carbons (Fsp3) is 0.793. The van der Waals surface area contributed by atoms with Crippen LogP contribution in [0.5, 0.6) is 0 Å². The highest BCUT2D eigenvalue weighted by atomic mass is 16.3. The second kappa shape index (κ2) is 7.87. The van der Waals surface area contributed by atoms with E-state index in [4.69, 9.17) is 0 Å². The Morgan fingerprint density at radius 2 is 1.84 bits per heavy atom. The Hall–Kier alpha value is -0.860. The molecule has 0 heterocycles. The molecule has 1 fully saturated rings. The molecule has 2 N–H and O–H groups in total. The number of hydrogen-bond donors (Lipinski definition) is 2. The van der Waals surface area contributed by atoms with Crippen LogP contribution in [-0.2, 0) is 0 Å². The molecule has 0 radical (unpaired) electrons. The molecular weight excluding hydrogens is 380 g/mol. The molecule has 0 aliphatic heterocycles. The summed E-state index contributed by atoms with van der Waals surface area (Å²) in [7, 11) is 0. The van der Waals surface area contributed by atoms with Crippen LogP contribution in [-0.4, -0.2) is 22.4 Å². The van der Waals surface area contributed by atoms with Crippen molar-refractivity contribution in [3.8, 4) is 0 Å². The molecule has 4 aliphatic rings. The number of allylic oxidation sites excluding steroid dienone is 4. The van der Waals surface area contributed by atoms with Gasteiger partial charge in [-0.3, -0.25) is 0 Å². The summed E-state index contributed by atoms with van der Waals surface area (Å²) in [6.07, 6.45) is 11.7. The Morgan fingerprint density at radius 3 is 2.52 bits per heavy atom. The molecule has 0 bridgehead atoms. The van der Waals surface area contributed by atoms with Crippen molar-refractivity contribution in [2.24, 2.45) is 34.0 Å². The van der Waals surface area contributed by atoms with Crippen molar-refractivity contribution in [2.45, 2.75) is 112 Å². The fourth-order valence-electron chi connectivity index (χ4n) is 8.20. The van der Waals surface area contributed by atoms with Crippen molar-refractivity contribution in [1.29, 1.82) is 0 Å². The second-order valence-electron chi connectivity index (χ2n) is 12.7. The van der Waals surface area contributed by atoms with Crippen LogP contribution in [0.3, 0.4) is 0 Å². The third-order valence-corrected chi connectivity index (χ3v) is 10.4. The van der Waals surface area contributed by atoms with Gasteiger partial charge in [-0.25, -0.2) is 0 Å². The molecule has 0 aromatic heterocycles. The topological polar surface area (TPSA) is 40.5 Å². The Morgan fingerprint density at radius 1 is 1.13 bits per heavy atom. The molecule has 174 valence electrons. The van der Waals surface area contributed by atoms with Gasteiger partial charge in [0, 0.05) is 0 Å². The van der Waals surface area contributed by atoms with Crippen LogP contribution >= 0.6 is 0 Å². The average molecular weight is 427 g/mol. The fourth-order valence-corrected chi connectivity index (χ4v) is 8.20. The summed E-state index contributed by atoms with van der Waals surface area (Å²) in [5.41, 5.74) is 5.84. The summed E-state index contributed by atoms with van der Waals surface area (Å²) in [4.78, 5) is 0. The highest BCUT2D eigenvalue weighted by Crippen LogP contribution is 2.66. The summed E-state index contributed by atoms with van der Waals surface area (Å²) < 4.78 is 0. The van der Waals surface area contributed by atoms with E-state index >= 15 is 0 Å². The molecule has 0 aromatic rings. The minimum Gasteiger partial charge on any atom is -0.393 e. The second-order valence-corrected chi connectivity index (χ2v) is 12.7. The Balaban J connectivity index is 1.60. The van der Waals surface area contributed by atoms with Crippen LogP contribution in [0.1, 0.15) is 99.3 Å². The van der Waals surface area contributed by atoms with E-state index in [0.717, 1.165) is 44.9 Å². The zero-order chi connectivity index (χ0) is 22.8. The molecule has 4 unspecified atom stereocenters. The SMILES string of the molecule is C=C(CCC[C@H]1CC=C2C3=C([C@@H](O)CC21C)C1(C)CCC(O)C(C)(C)C1CC3)C(C)C. The Labute approximate surface area is 190 Å². The van der Waals surface area contributed by atoms with Crippen molar-refractivity contribution in [2.75, 3.05) is 0 Å². The maximum absolute atomic E-state index is 11.6. The van der Waals surface area contributed by atoms with Gasteiger partial charge in [-0.1, -0.05) is 59.8 Å². The Bertz CT molecular complexity index is 800. The summed E-state index contributed by atoms with van der Waals surface area (Å²) >= 11 is 0. The lowest BCUT2D eigenvalue weighted by atomic mass is 9.46. The largest absolute Gasteiger partial charge is 0.393 e. The van der Waals surface area contributed by atoms with Crippen LogP contribution in [0, 0.1) is 34.0 Å². The summed E-state index contributed by atoms with van der Waals surface area (Å²) in [5, 5.41) is 22.3. The molecule has 0 aromatic carbocycles. The van der Waals surface area contributed by atoms with Crippen LogP contribution in [0.25, 0.3) is 0 Å². The molecule has 0 spiro atoms. The molecular formula is C29H46O2. The van der Waals surface area contributed by atoms with Crippen LogP contribution in [0.4, 0.5) is 0 Å². The van der Waals surface area contributed by atoms with Crippen molar-refractivity contribution in [3.05, 3.63) is 34.9 Å². The van der Waals surface area contributed by atoms with E-state index in [2.05, 4.69) is 54.2 Å². The van der Waals surface area contributed by atoms with E-state index in [1.165, 1.54) is 29.6 Å². The zero-order valence-electron chi connectivity index (χ0n) is 20.9. The lowest BCUT2D eigenvalue weighted by molar-refractivity contribution is -0.0971. The minimum absolute atomic E-state index is 0.0188. The molecule has 0 saturated heterocycles. The van der Waals surface area contributed by atoms with E-state index in [0.29, 0.717) is 17.8 Å². The third kappa shape index (κ3) is 3.52. The first-order valence-corrected chi connectivity index (χ1v) is 12.9. The molecule has 2 heteroatoms. The maximum atomic E-state index is 11.6. The van der Waals surface area contributed by atoms with Crippen molar-refractivity contribution in [3.63, 3.8) is 0 Å². The number of hydrogen-bond acceptors (Lipinski definition) is 2. The first-order chi connectivity index (χ1) is 14.4. The number of aliphatic hydroxyl groups excluding tert-OH is 2. The van der Waals surface area contributed by atoms with E-state index in [9.17, 15) is 10.2 Å². The van der Waals surface area contributed by atoms with Gasteiger partial charge in [0.1, 0.15) is 0 Å². The van der Waals surface area contributed by atoms with Gasteiger partial charge in [-0.2, -0.15) is 0 Å². The van der Waals surface area contributed by atoms with Crippen LogP contribution in [0.15, 0.2) is 34.9 Å².